The highest BCUT2D eigenvalue weighted by Gasteiger charge is 2.13. The lowest BCUT2D eigenvalue weighted by Gasteiger charge is -1.98. The van der Waals surface area contributed by atoms with Crippen LogP contribution in [0.4, 0.5) is 5.13 Å². The van der Waals surface area contributed by atoms with Crippen LogP contribution in [0.25, 0.3) is 22.2 Å². The van der Waals surface area contributed by atoms with E-state index in [1.54, 1.807) is 11.3 Å². The molecule has 2 N–H and O–H groups in total. The zero-order chi connectivity index (χ0) is 12.7. The third kappa shape index (κ3) is 1.69. The number of anilines is 1. The summed E-state index contributed by atoms with van der Waals surface area (Å²) in [6, 6.07) is 6.47. The number of thiazole rings is 1. The summed E-state index contributed by atoms with van der Waals surface area (Å²) >= 11 is 1.63. The fourth-order valence-corrected chi connectivity index (χ4v) is 2.94. The van der Waals surface area contributed by atoms with E-state index in [1.807, 2.05) is 7.05 Å². The Hall–Kier alpha value is -1.81. The van der Waals surface area contributed by atoms with Crippen molar-refractivity contribution in [3.8, 4) is 11.3 Å². The molecule has 0 saturated heterocycles. The van der Waals surface area contributed by atoms with Crippen LogP contribution in [0.3, 0.4) is 0 Å². The topological polar surface area (TPSA) is 40.7 Å². The first-order chi connectivity index (χ1) is 8.69. The van der Waals surface area contributed by atoms with Gasteiger partial charge in [0, 0.05) is 34.6 Å². The highest BCUT2D eigenvalue weighted by molar-refractivity contribution is 7.14. The molecule has 4 heteroatoms. The van der Waals surface area contributed by atoms with E-state index in [4.69, 9.17) is 0 Å². The quantitative estimate of drug-likeness (QED) is 0.729. The van der Waals surface area contributed by atoms with Crippen molar-refractivity contribution in [3.05, 3.63) is 34.8 Å². The molecule has 0 amide bonds. The van der Waals surface area contributed by atoms with E-state index < -0.39 is 0 Å². The van der Waals surface area contributed by atoms with Gasteiger partial charge in [0.1, 0.15) is 0 Å². The van der Waals surface area contributed by atoms with Crippen molar-refractivity contribution in [3.63, 3.8) is 0 Å². The molecule has 2 aromatic heterocycles. The minimum Gasteiger partial charge on any atom is -0.365 e. The van der Waals surface area contributed by atoms with Crippen molar-refractivity contribution < 1.29 is 0 Å². The molecule has 0 atom stereocenters. The molecule has 2 heterocycles. The van der Waals surface area contributed by atoms with Crippen LogP contribution in [-0.2, 0) is 0 Å². The Morgan fingerprint density at radius 1 is 1.28 bits per heavy atom. The number of aromatic amines is 1. The Balaban J connectivity index is 2.26. The van der Waals surface area contributed by atoms with Crippen molar-refractivity contribution in [1.29, 1.82) is 0 Å². The van der Waals surface area contributed by atoms with Crippen LogP contribution in [0.5, 0.6) is 0 Å². The first-order valence-corrected chi connectivity index (χ1v) is 6.79. The number of aryl methyl sites for hydroxylation is 2. The minimum absolute atomic E-state index is 0.950. The van der Waals surface area contributed by atoms with E-state index in [1.165, 1.54) is 27.7 Å². The van der Waals surface area contributed by atoms with Crippen LogP contribution >= 0.6 is 11.3 Å². The Labute approximate surface area is 110 Å². The maximum absolute atomic E-state index is 4.60. The highest BCUT2D eigenvalue weighted by atomic mass is 32.1. The fraction of sp³-hybridized carbons (Fsp3) is 0.214. The first kappa shape index (κ1) is 11.3. The zero-order valence-corrected chi connectivity index (χ0v) is 11.5. The predicted octanol–water partition coefficient (Wildman–Crippen LogP) is 3.95. The van der Waals surface area contributed by atoms with Crippen molar-refractivity contribution >= 4 is 27.4 Å². The first-order valence-electron chi connectivity index (χ1n) is 5.91. The average molecular weight is 257 g/mol. The van der Waals surface area contributed by atoms with E-state index in [9.17, 15) is 0 Å². The van der Waals surface area contributed by atoms with Crippen LogP contribution in [0.2, 0.25) is 0 Å². The number of hydrogen-bond acceptors (Lipinski definition) is 3. The van der Waals surface area contributed by atoms with Gasteiger partial charge in [0.2, 0.25) is 0 Å². The molecule has 0 saturated carbocycles. The monoisotopic (exact) mass is 257 g/mol. The molecule has 0 fully saturated rings. The van der Waals surface area contributed by atoms with Crippen LogP contribution in [0.15, 0.2) is 23.6 Å². The molecule has 0 aliphatic rings. The molecule has 0 aliphatic carbocycles. The summed E-state index contributed by atoms with van der Waals surface area (Å²) in [5.41, 5.74) is 5.87. The van der Waals surface area contributed by atoms with Crippen molar-refractivity contribution in [1.82, 2.24) is 9.97 Å². The Morgan fingerprint density at radius 2 is 2.11 bits per heavy atom. The summed E-state index contributed by atoms with van der Waals surface area (Å²) in [5.74, 6) is 0. The summed E-state index contributed by atoms with van der Waals surface area (Å²) < 4.78 is 0. The number of hydrogen-bond donors (Lipinski definition) is 2. The molecule has 1 aromatic carbocycles. The molecule has 92 valence electrons. The summed E-state index contributed by atoms with van der Waals surface area (Å²) in [6.07, 6.45) is 0. The average Bonchev–Trinajstić information content (AvgIpc) is 2.92. The number of benzene rings is 1. The Morgan fingerprint density at radius 3 is 2.83 bits per heavy atom. The standard InChI is InChI=1S/C14H15N3S/c1-8-4-5-11-10(6-8)13(9(2)16-11)12-7-18-14(15-3)17-12/h4-7,16H,1-3H3,(H,15,17). The third-order valence-corrected chi connectivity index (χ3v) is 3.98. The SMILES string of the molecule is CNc1nc(-c2c(C)[nH]c3ccc(C)cc23)cs1. The predicted molar refractivity (Wildman–Crippen MR) is 78.4 cm³/mol. The molecule has 3 aromatic rings. The smallest absolute Gasteiger partial charge is 0.182 e. The van der Waals surface area contributed by atoms with Gasteiger partial charge in [-0.25, -0.2) is 4.98 Å². The maximum Gasteiger partial charge on any atom is 0.182 e. The fourth-order valence-electron chi connectivity index (χ4n) is 2.27. The van der Waals surface area contributed by atoms with Crippen molar-refractivity contribution in [2.75, 3.05) is 12.4 Å². The molecule has 3 nitrogen and oxygen atoms in total. The second-order valence-corrected chi connectivity index (χ2v) is 5.32. The maximum atomic E-state index is 4.60. The number of rotatable bonds is 2. The Kier molecular flexibility index (Phi) is 2.59. The van der Waals surface area contributed by atoms with E-state index in [0.29, 0.717) is 0 Å². The van der Waals surface area contributed by atoms with Gasteiger partial charge in [0.15, 0.2) is 5.13 Å². The van der Waals surface area contributed by atoms with Crippen LogP contribution in [-0.4, -0.2) is 17.0 Å². The highest BCUT2D eigenvalue weighted by Crippen LogP contribution is 2.34. The molecule has 0 bridgehead atoms. The van der Waals surface area contributed by atoms with E-state index in [0.717, 1.165) is 10.8 Å². The molecule has 0 radical (unpaired) electrons. The number of nitrogens with one attached hydrogen (secondary N) is 2. The largest absolute Gasteiger partial charge is 0.365 e. The molecule has 0 spiro atoms. The number of H-pyrrole nitrogens is 1. The summed E-state index contributed by atoms with van der Waals surface area (Å²) in [5, 5.41) is 7.39. The van der Waals surface area contributed by atoms with Gasteiger partial charge in [-0.05, 0) is 26.0 Å². The van der Waals surface area contributed by atoms with E-state index >= 15 is 0 Å². The molecular formula is C14H15N3S. The van der Waals surface area contributed by atoms with E-state index in [-0.39, 0.29) is 0 Å². The van der Waals surface area contributed by atoms with Gasteiger partial charge in [-0.1, -0.05) is 11.6 Å². The second-order valence-electron chi connectivity index (χ2n) is 4.46. The van der Waals surface area contributed by atoms with Gasteiger partial charge in [-0.3, -0.25) is 0 Å². The lowest BCUT2D eigenvalue weighted by Crippen LogP contribution is -1.86. The summed E-state index contributed by atoms with van der Waals surface area (Å²) in [7, 11) is 1.90. The number of fused-ring (bicyclic) bond motifs is 1. The second kappa shape index (κ2) is 4.14. The molecule has 0 unspecified atom stereocenters. The molecule has 18 heavy (non-hydrogen) atoms. The van der Waals surface area contributed by atoms with Gasteiger partial charge >= 0.3 is 0 Å². The zero-order valence-electron chi connectivity index (χ0n) is 10.7. The van der Waals surface area contributed by atoms with E-state index in [2.05, 4.69) is 52.7 Å². The lowest BCUT2D eigenvalue weighted by molar-refractivity contribution is 1.28. The van der Waals surface area contributed by atoms with Gasteiger partial charge < -0.3 is 10.3 Å². The molecule has 3 rings (SSSR count). The normalized spacial score (nSPS) is 11.1. The van der Waals surface area contributed by atoms with Crippen molar-refractivity contribution in [2.24, 2.45) is 0 Å². The van der Waals surface area contributed by atoms with Crippen molar-refractivity contribution in [2.45, 2.75) is 13.8 Å². The minimum atomic E-state index is 0.950. The summed E-state index contributed by atoms with van der Waals surface area (Å²) in [4.78, 5) is 8.02. The van der Waals surface area contributed by atoms with Gasteiger partial charge in [-0.15, -0.1) is 11.3 Å². The van der Waals surface area contributed by atoms with Crippen LogP contribution in [0.1, 0.15) is 11.3 Å². The molecule has 0 aliphatic heterocycles. The number of nitrogens with zero attached hydrogens (tertiary/aromatic N) is 1. The lowest BCUT2D eigenvalue weighted by atomic mass is 10.1. The molecular weight excluding hydrogens is 242 g/mol. The Bertz CT molecular complexity index is 709. The van der Waals surface area contributed by atoms with Crippen LogP contribution in [0, 0.1) is 13.8 Å². The van der Waals surface area contributed by atoms with Crippen LogP contribution < -0.4 is 5.32 Å². The van der Waals surface area contributed by atoms with Gasteiger partial charge in [0.05, 0.1) is 5.69 Å². The van der Waals surface area contributed by atoms with Gasteiger partial charge in [0.25, 0.3) is 0 Å². The number of aromatic nitrogens is 2. The van der Waals surface area contributed by atoms with Gasteiger partial charge in [-0.2, -0.15) is 0 Å². The summed E-state index contributed by atoms with van der Waals surface area (Å²) in [6.45, 7) is 4.22. The third-order valence-electron chi connectivity index (χ3n) is 3.12.